The zero-order valence-corrected chi connectivity index (χ0v) is 8.98. The number of ether oxygens (including phenoxy) is 1. The van der Waals surface area contributed by atoms with Crippen molar-refractivity contribution in [3.05, 3.63) is 36.5 Å². The zero-order valence-electron chi connectivity index (χ0n) is 8.98. The normalized spacial score (nSPS) is 22.3. The van der Waals surface area contributed by atoms with Gasteiger partial charge in [-0.3, -0.25) is 0 Å². The lowest BCUT2D eigenvalue weighted by molar-refractivity contribution is 0.119. The summed E-state index contributed by atoms with van der Waals surface area (Å²) in [5.74, 6) is 0.973. The van der Waals surface area contributed by atoms with Crippen molar-refractivity contribution in [3.63, 3.8) is 0 Å². The van der Waals surface area contributed by atoms with Crippen LogP contribution in [0.5, 0.6) is 0 Å². The Morgan fingerprint density at radius 1 is 1.60 bits per heavy atom. The molecule has 0 aromatic carbocycles. The molecule has 0 amide bonds. The highest BCUT2D eigenvalue weighted by Gasteiger charge is 2.13. The molecule has 3 heteroatoms. The maximum absolute atomic E-state index is 5.47. The molecule has 82 valence electrons. The molecular formula is C12H17NO2. The Balaban J connectivity index is 1.75. The first kappa shape index (κ1) is 10.3. The van der Waals surface area contributed by atoms with Crippen LogP contribution in [-0.4, -0.2) is 12.6 Å². The molecule has 1 N–H and O–H groups in total. The Morgan fingerprint density at radius 2 is 2.53 bits per heavy atom. The molecule has 2 rings (SSSR count). The van der Waals surface area contributed by atoms with E-state index in [0.717, 1.165) is 25.1 Å². The summed E-state index contributed by atoms with van der Waals surface area (Å²) in [4.78, 5) is 0. The van der Waals surface area contributed by atoms with Gasteiger partial charge in [-0.1, -0.05) is 0 Å². The number of hydrogen-bond donors (Lipinski definition) is 1. The molecule has 3 nitrogen and oxygen atoms in total. The van der Waals surface area contributed by atoms with Crippen LogP contribution in [-0.2, 0) is 4.74 Å². The lowest BCUT2D eigenvalue weighted by Gasteiger charge is -2.21. The van der Waals surface area contributed by atoms with E-state index in [-0.39, 0.29) is 6.04 Å². The van der Waals surface area contributed by atoms with Crippen molar-refractivity contribution in [2.75, 3.05) is 6.54 Å². The molecule has 1 aliphatic heterocycles. The second-order valence-corrected chi connectivity index (χ2v) is 3.85. The van der Waals surface area contributed by atoms with Gasteiger partial charge in [-0.2, -0.15) is 0 Å². The first-order valence-electron chi connectivity index (χ1n) is 5.43. The molecule has 0 saturated heterocycles. The molecule has 1 aliphatic rings. The van der Waals surface area contributed by atoms with Crippen LogP contribution in [0.1, 0.15) is 31.6 Å². The van der Waals surface area contributed by atoms with Gasteiger partial charge in [0.15, 0.2) is 0 Å². The van der Waals surface area contributed by atoms with E-state index in [4.69, 9.17) is 9.15 Å². The summed E-state index contributed by atoms with van der Waals surface area (Å²) >= 11 is 0. The summed E-state index contributed by atoms with van der Waals surface area (Å²) in [6.45, 7) is 2.96. The first-order chi connectivity index (χ1) is 7.36. The van der Waals surface area contributed by atoms with E-state index >= 15 is 0 Å². The van der Waals surface area contributed by atoms with Gasteiger partial charge in [-0.15, -0.1) is 0 Å². The minimum Gasteiger partial charge on any atom is -0.497 e. The monoisotopic (exact) mass is 207 g/mol. The average molecular weight is 207 g/mol. The molecule has 1 aromatic heterocycles. The number of nitrogens with one attached hydrogen (secondary N) is 1. The van der Waals surface area contributed by atoms with E-state index in [1.807, 2.05) is 12.1 Å². The van der Waals surface area contributed by atoms with Crippen molar-refractivity contribution in [1.82, 2.24) is 5.32 Å². The van der Waals surface area contributed by atoms with Crippen LogP contribution in [0.15, 0.2) is 35.2 Å². The van der Waals surface area contributed by atoms with Gasteiger partial charge >= 0.3 is 0 Å². The maximum Gasteiger partial charge on any atom is 0.120 e. The highest BCUT2D eigenvalue weighted by molar-refractivity contribution is 5.03. The molecule has 2 heterocycles. The molecule has 0 saturated carbocycles. The van der Waals surface area contributed by atoms with Gasteiger partial charge < -0.3 is 14.5 Å². The Bertz CT molecular complexity index is 305. The van der Waals surface area contributed by atoms with Crippen LogP contribution in [0.4, 0.5) is 0 Å². The van der Waals surface area contributed by atoms with Crippen LogP contribution < -0.4 is 5.32 Å². The topological polar surface area (TPSA) is 34.4 Å². The molecule has 1 aromatic rings. The second kappa shape index (κ2) is 5.03. The van der Waals surface area contributed by atoms with E-state index < -0.39 is 0 Å². The van der Waals surface area contributed by atoms with Gasteiger partial charge in [-0.05, 0) is 38.0 Å². The van der Waals surface area contributed by atoms with Crippen molar-refractivity contribution in [3.8, 4) is 0 Å². The van der Waals surface area contributed by atoms with Gasteiger partial charge in [-0.25, -0.2) is 0 Å². The van der Waals surface area contributed by atoms with E-state index in [0.29, 0.717) is 6.10 Å². The van der Waals surface area contributed by atoms with E-state index in [1.165, 1.54) is 0 Å². The molecule has 0 fully saturated rings. The molecule has 0 radical (unpaired) electrons. The van der Waals surface area contributed by atoms with Crippen molar-refractivity contribution < 1.29 is 9.15 Å². The Morgan fingerprint density at radius 3 is 3.20 bits per heavy atom. The molecule has 0 spiro atoms. The highest BCUT2D eigenvalue weighted by Crippen LogP contribution is 2.14. The quantitative estimate of drug-likeness (QED) is 0.824. The van der Waals surface area contributed by atoms with Gasteiger partial charge in [0.2, 0.25) is 0 Å². The molecule has 15 heavy (non-hydrogen) atoms. The molecule has 2 atom stereocenters. The maximum atomic E-state index is 5.47. The number of furan rings is 1. The van der Waals surface area contributed by atoms with Crippen LogP contribution in [0.3, 0.4) is 0 Å². The summed E-state index contributed by atoms with van der Waals surface area (Å²) in [6, 6.07) is 4.14. The SMILES string of the molecule is C[C@@H](NCC1CCC=CO1)c1ccco1. The third-order valence-electron chi connectivity index (χ3n) is 2.64. The average Bonchev–Trinajstić information content (AvgIpc) is 2.81. The van der Waals surface area contributed by atoms with Crippen LogP contribution in [0.2, 0.25) is 0 Å². The number of rotatable bonds is 4. The lowest BCUT2D eigenvalue weighted by atomic mass is 10.1. The van der Waals surface area contributed by atoms with Crippen molar-refractivity contribution in [2.24, 2.45) is 0 Å². The highest BCUT2D eigenvalue weighted by atomic mass is 16.5. The van der Waals surface area contributed by atoms with E-state index in [9.17, 15) is 0 Å². The molecule has 0 aliphatic carbocycles. The third kappa shape index (κ3) is 2.86. The molecular weight excluding hydrogens is 190 g/mol. The van der Waals surface area contributed by atoms with E-state index in [1.54, 1.807) is 12.5 Å². The summed E-state index contributed by atoms with van der Waals surface area (Å²) in [5, 5.41) is 3.40. The fourth-order valence-corrected chi connectivity index (χ4v) is 1.68. The molecule has 1 unspecified atom stereocenters. The third-order valence-corrected chi connectivity index (χ3v) is 2.64. The summed E-state index contributed by atoms with van der Waals surface area (Å²) in [7, 11) is 0. The predicted molar refractivity (Wildman–Crippen MR) is 58.4 cm³/mol. The number of hydrogen-bond acceptors (Lipinski definition) is 3. The summed E-state index contributed by atoms with van der Waals surface area (Å²) in [6.07, 6.45) is 8.07. The smallest absolute Gasteiger partial charge is 0.120 e. The Labute approximate surface area is 90.1 Å². The standard InChI is InChI=1S/C12H17NO2/c1-10(12-6-4-8-15-12)13-9-11-5-2-3-7-14-11/h3-4,6-8,10-11,13H,2,5,9H2,1H3/t10-,11?/m1/s1. The first-order valence-corrected chi connectivity index (χ1v) is 5.43. The largest absolute Gasteiger partial charge is 0.497 e. The minimum atomic E-state index is 0.245. The lowest BCUT2D eigenvalue weighted by Crippen LogP contribution is -2.30. The second-order valence-electron chi connectivity index (χ2n) is 3.85. The summed E-state index contributed by atoms with van der Waals surface area (Å²) in [5.41, 5.74) is 0. The molecule has 0 bridgehead atoms. The van der Waals surface area contributed by atoms with Crippen molar-refractivity contribution >= 4 is 0 Å². The van der Waals surface area contributed by atoms with E-state index in [2.05, 4.69) is 18.3 Å². The zero-order chi connectivity index (χ0) is 10.5. The Kier molecular flexibility index (Phi) is 3.45. The van der Waals surface area contributed by atoms with Crippen molar-refractivity contribution in [2.45, 2.75) is 31.9 Å². The van der Waals surface area contributed by atoms with Gasteiger partial charge in [0, 0.05) is 6.54 Å². The Hall–Kier alpha value is -1.22. The van der Waals surface area contributed by atoms with Crippen molar-refractivity contribution in [1.29, 1.82) is 0 Å². The number of allylic oxidation sites excluding steroid dienone is 1. The van der Waals surface area contributed by atoms with Crippen LogP contribution in [0, 0.1) is 0 Å². The van der Waals surface area contributed by atoms with Gasteiger partial charge in [0.05, 0.1) is 18.6 Å². The fraction of sp³-hybridized carbons (Fsp3) is 0.500. The predicted octanol–water partition coefficient (Wildman–Crippen LogP) is 2.62. The van der Waals surface area contributed by atoms with Crippen LogP contribution in [0.25, 0.3) is 0 Å². The van der Waals surface area contributed by atoms with Crippen LogP contribution >= 0.6 is 0 Å². The van der Waals surface area contributed by atoms with Gasteiger partial charge in [0.1, 0.15) is 11.9 Å². The minimum absolute atomic E-state index is 0.245. The fourth-order valence-electron chi connectivity index (χ4n) is 1.68. The summed E-state index contributed by atoms with van der Waals surface area (Å²) < 4.78 is 10.8. The van der Waals surface area contributed by atoms with Gasteiger partial charge in [0.25, 0.3) is 0 Å².